The Bertz CT molecular complexity index is 669. The van der Waals surface area contributed by atoms with Crippen LogP contribution in [-0.2, 0) is 11.3 Å². The number of amides is 1. The fourth-order valence-corrected chi connectivity index (χ4v) is 4.30. The second kappa shape index (κ2) is 6.91. The van der Waals surface area contributed by atoms with Crippen LogP contribution in [0.25, 0.3) is 0 Å². The smallest absolute Gasteiger partial charge is 0.410 e. The number of rotatable bonds is 4. The quantitative estimate of drug-likeness (QED) is 0.854. The molecule has 2 saturated heterocycles. The van der Waals surface area contributed by atoms with Gasteiger partial charge in [0.15, 0.2) is 0 Å². The lowest BCUT2D eigenvalue weighted by Gasteiger charge is -2.37. The lowest BCUT2D eigenvalue weighted by Crippen LogP contribution is -2.45. The predicted molar refractivity (Wildman–Crippen MR) is 92.8 cm³/mol. The fourth-order valence-electron chi connectivity index (χ4n) is 3.65. The normalized spacial score (nSPS) is 22.8. The Morgan fingerprint density at radius 1 is 1.21 bits per heavy atom. The molecular weight excluding hydrogens is 322 g/mol. The van der Waals surface area contributed by atoms with Crippen LogP contribution in [0.3, 0.4) is 0 Å². The number of piperidine rings is 1. The monoisotopic (exact) mass is 343 g/mol. The van der Waals surface area contributed by atoms with E-state index in [1.54, 1.807) is 11.3 Å². The second-order valence-electron chi connectivity index (χ2n) is 6.34. The van der Waals surface area contributed by atoms with Crippen molar-refractivity contribution in [2.45, 2.75) is 31.5 Å². The molecule has 24 heavy (non-hydrogen) atoms. The first kappa shape index (κ1) is 15.6. The molecular formula is C18H21N3O2S. The summed E-state index contributed by atoms with van der Waals surface area (Å²) in [6.07, 6.45) is 3.67. The zero-order valence-electron chi connectivity index (χ0n) is 13.5. The highest BCUT2D eigenvalue weighted by atomic mass is 32.1. The zero-order chi connectivity index (χ0) is 16.4. The lowest BCUT2D eigenvalue weighted by atomic mass is 9.99. The van der Waals surface area contributed by atoms with Crippen LogP contribution < -0.4 is 0 Å². The van der Waals surface area contributed by atoms with Gasteiger partial charge >= 0.3 is 6.09 Å². The molecule has 2 aliphatic rings. The van der Waals surface area contributed by atoms with Crippen molar-refractivity contribution in [1.29, 1.82) is 0 Å². The van der Waals surface area contributed by atoms with Gasteiger partial charge in [-0.15, -0.1) is 11.3 Å². The molecule has 1 atom stereocenters. The van der Waals surface area contributed by atoms with Gasteiger partial charge in [0.05, 0.1) is 12.6 Å². The molecule has 1 aromatic carbocycles. The summed E-state index contributed by atoms with van der Waals surface area (Å²) in [6.45, 7) is 3.37. The van der Waals surface area contributed by atoms with Gasteiger partial charge < -0.3 is 4.74 Å². The molecule has 2 aliphatic heterocycles. The number of likely N-dealkylation sites (tertiary alicyclic amines) is 1. The molecule has 0 spiro atoms. The van der Waals surface area contributed by atoms with Gasteiger partial charge in [-0.05, 0) is 18.4 Å². The largest absolute Gasteiger partial charge is 0.447 e. The summed E-state index contributed by atoms with van der Waals surface area (Å²) in [5, 5.41) is 3.18. The molecule has 4 rings (SSSR count). The van der Waals surface area contributed by atoms with Crippen molar-refractivity contribution in [1.82, 2.24) is 14.8 Å². The van der Waals surface area contributed by atoms with Crippen molar-refractivity contribution >= 4 is 17.4 Å². The van der Waals surface area contributed by atoms with Crippen LogP contribution >= 0.6 is 11.3 Å². The highest BCUT2D eigenvalue weighted by molar-refractivity contribution is 7.09. The van der Waals surface area contributed by atoms with Crippen molar-refractivity contribution in [2.24, 2.45) is 0 Å². The molecule has 0 bridgehead atoms. The van der Waals surface area contributed by atoms with E-state index in [4.69, 9.17) is 4.74 Å². The van der Waals surface area contributed by atoms with Crippen molar-refractivity contribution in [3.63, 3.8) is 0 Å². The van der Waals surface area contributed by atoms with Crippen molar-refractivity contribution in [3.05, 3.63) is 52.5 Å². The molecule has 5 nitrogen and oxygen atoms in total. The Morgan fingerprint density at radius 3 is 2.71 bits per heavy atom. The number of cyclic esters (lactones) is 1. The number of thiazole rings is 1. The van der Waals surface area contributed by atoms with Crippen molar-refractivity contribution < 1.29 is 9.53 Å². The average Bonchev–Trinajstić information content (AvgIpc) is 3.26. The van der Waals surface area contributed by atoms with Gasteiger partial charge in [-0.3, -0.25) is 9.80 Å². The van der Waals surface area contributed by atoms with Crippen molar-refractivity contribution in [2.75, 3.05) is 19.7 Å². The molecule has 0 unspecified atom stereocenters. The molecule has 0 aliphatic carbocycles. The minimum atomic E-state index is -0.165. The number of nitrogens with zero attached hydrogens (tertiary/aromatic N) is 3. The Labute approximate surface area is 145 Å². The average molecular weight is 343 g/mol. The van der Waals surface area contributed by atoms with Gasteiger partial charge in [0, 0.05) is 30.7 Å². The second-order valence-corrected chi connectivity index (χ2v) is 7.32. The molecule has 0 radical (unpaired) electrons. The van der Waals surface area contributed by atoms with E-state index in [0.29, 0.717) is 6.61 Å². The van der Waals surface area contributed by atoms with E-state index < -0.39 is 0 Å². The van der Waals surface area contributed by atoms with Crippen LogP contribution in [0.15, 0.2) is 41.9 Å². The minimum Gasteiger partial charge on any atom is -0.447 e. The summed E-state index contributed by atoms with van der Waals surface area (Å²) in [6, 6.07) is 10.5. The number of carbonyl (C=O) groups excluding carboxylic acids is 1. The first-order valence-corrected chi connectivity index (χ1v) is 9.30. The molecule has 126 valence electrons. The summed E-state index contributed by atoms with van der Waals surface area (Å²) in [4.78, 5) is 21.0. The maximum Gasteiger partial charge on any atom is 0.410 e. The predicted octanol–water partition coefficient (Wildman–Crippen LogP) is 3.30. The molecule has 6 heteroatoms. The van der Waals surface area contributed by atoms with Crippen LogP contribution in [0.2, 0.25) is 0 Å². The molecule has 1 aromatic heterocycles. The summed E-state index contributed by atoms with van der Waals surface area (Å²) >= 11 is 1.70. The summed E-state index contributed by atoms with van der Waals surface area (Å²) < 4.78 is 5.36. The van der Waals surface area contributed by atoms with E-state index in [2.05, 4.69) is 22.0 Å². The van der Waals surface area contributed by atoms with Gasteiger partial charge in [-0.2, -0.15) is 0 Å². The molecule has 2 fully saturated rings. The number of hydrogen-bond acceptors (Lipinski definition) is 5. The number of benzene rings is 1. The van der Waals surface area contributed by atoms with Gasteiger partial charge in [0.1, 0.15) is 11.6 Å². The number of carbonyl (C=O) groups is 1. The lowest BCUT2D eigenvalue weighted by molar-refractivity contribution is 0.104. The first-order valence-electron chi connectivity index (χ1n) is 8.42. The molecule has 2 aromatic rings. The Kier molecular flexibility index (Phi) is 4.49. The zero-order valence-corrected chi connectivity index (χ0v) is 14.3. The van der Waals surface area contributed by atoms with E-state index >= 15 is 0 Å². The fraction of sp³-hybridized carbons (Fsp3) is 0.444. The third kappa shape index (κ3) is 3.16. The maximum absolute atomic E-state index is 12.3. The SMILES string of the molecule is O=C1OC[C@@H](c2ccccc2)N1C1CCN(Cc2nccs2)CC1. The van der Waals surface area contributed by atoms with Gasteiger partial charge in [0.25, 0.3) is 0 Å². The maximum atomic E-state index is 12.3. The van der Waals surface area contributed by atoms with Crippen LogP contribution in [0.1, 0.15) is 29.5 Å². The molecule has 3 heterocycles. The minimum absolute atomic E-state index is 0.0502. The number of ether oxygens (including phenoxy) is 1. The van der Waals surface area contributed by atoms with E-state index in [9.17, 15) is 4.79 Å². The van der Waals surface area contributed by atoms with Crippen molar-refractivity contribution in [3.8, 4) is 0 Å². The highest BCUT2D eigenvalue weighted by Gasteiger charge is 2.40. The molecule has 1 amide bonds. The van der Waals surface area contributed by atoms with E-state index in [0.717, 1.165) is 43.0 Å². The first-order chi connectivity index (χ1) is 11.8. The number of aromatic nitrogens is 1. The third-order valence-corrected chi connectivity index (χ3v) is 5.65. The van der Waals surface area contributed by atoms with Crippen LogP contribution in [0, 0.1) is 0 Å². The van der Waals surface area contributed by atoms with E-state index in [1.165, 1.54) is 0 Å². The van der Waals surface area contributed by atoms with Gasteiger partial charge in [-0.25, -0.2) is 9.78 Å². The Morgan fingerprint density at radius 2 is 2.00 bits per heavy atom. The summed E-state index contributed by atoms with van der Waals surface area (Å²) in [5.41, 5.74) is 1.16. The summed E-state index contributed by atoms with van der Waals surface area (Å²) in [7, 11) is 0. The van der Waals surface area contributed by atoms with Gasteiger partial charge in [-0.1, -0.05) is 30.3 Å². The third-order valence-electron chi connectivity index (χ3n) is 4.89. The Balaban J connectivity index is 1.41. The van der Waals surface area contributed by atoms with Crippen LogP contribution in [-0.4, -0.2) is 46.6 Å². The van der Waals surface area contributed by atoms with E-state index in [1.807, 2.05) is 34.7 Å². The van der Waals surface area contributed by atoms with E-state index in [-0.39, 0.29) is 18.2 Å². The van der Waals surface area contributed by atoms with Gasteiger partial charge in [0.2, 0.25) is 0 Å². The molecule has 0 N–H and O–H groups in total. The van der Waals surface area contributed by atoms with Crippen LogP contribution in [0.4, 0.5) is 4.79 Å². The highest BCUT2D eigenvalue weighted by Crippen LogP contribution is 2.33. The topological polar surface area (TPSA) is 45.7 Å². The van der Waals surface area contributed by atoms with Crippen LogP contribution in [0.5, 0.6) is 0 Å². The molecule has 0 saturated carbocycles. The Hall–Kier alpha value is -1.92. The summed E-state index contributed by atoms with van der Waals surface area (Å²) in [5.74, 6) is 0. The number of hydrogen-bond donors (Lipinski definition) is 0. The standard InChI is InChI=1S/C18H21N3O2S/c22-18-21(16(13-23-18)14-4-2-1-3-5-14)15-6-9-20(10-7-15)12-17-19-8-11-24-17/h1-5,8,11,15-16H,6-7,9-10,12-13H2/t16-/m0/s1.